The van der Waals surface area contributed by atoms with Crippen LogP contribution in [0.4, 0.5) is 0 Å². The number of hydrogen-bond donors (Lipinski definition) is 0. The predicted molar refractivity (Wildman–Crippen MR) is 88.4 cm³/mol. The van der Waals surface area contributed by atoms with Crippen molar-refractivity contribution in [2.75, 3.05) is 7.11 Å². The molecule has 2 saturated heterocycles. The first-order valence-electron chi connectivity index (χ1n) is 8.66. The van der Waals surface area contributed by atoms with E-state index in [2.05, 4.69) is 6.58 Å². The standard InChI is InChI=1S/C19H24O5/c1-3-13-7-9-14(10-8-13)21-18-16-15(17(20-2)22-18)23-19(24-16)11-5-4-6-12-19/h3,7-10,15-18H,1,4-6,11-12H2,2H3. The van der Waals surface area contributed by atoms with Crippen molar-refractivity contribution in [1.82, 2.24) is 0 Å². The Labute approximate surface area is 142 Å². The Morgan fingerprint density at radius 1 is 1.04 bits per heavy atom. The Morgan fingerprint density at radius 3 is 2.33 bits per heavy atom. The highest BCUT2D eigenvalue weighted by Crippen LogP contribution is 2.46. The highest BCUT2D eigenvalue weighted by molar-refractivity contribution is 5.48. The van der Waals surface area contributed by atoms with Gasteiger partial charge in [-0.1, -0.05) is 31.2 Å². The summed E-state index contributed by atoms with van der Waals surface area (Å²) in [6, 6.07) is 7.72. The van der Waals surface area contributed by atoms with Gasteiger partial charge in [-0.2, -0.15) is 0 Å². The second-order valence-electron chi connectivity index (χ2n) is 6.64. The van der Waals surface area contributed by atoms with Crippen LogP contribution in [-0.2, 0) is 18.9 Å². The highest BCUT2D eigenvalue weighted by atomic mass is 16.8. The number of methoxy groups -OCH3 is 1. The van der Waals surface area contributed by atoms with Gasteiger partial charge < -0.3 is 23.7 Å². The van der Waals surface area contributed by atoms with Crippen LogP contribution >= 0.6 is 0 Å². The largest absolute Gasteiger partial charge is 0.462 e. The fourth-order valence-corrected chi connectivity index (χ4v) is 3.79. The van der Waals surface area contributed by atoms with E-state index >= 15 is 0 Å². The lowest BCUT2D eigenvalue weighted by molar-refractivity contribution is -0.272. The van der Waals surface area contributed by atoms with Gasteiger partial charge >= 0.3 is 0 Å². The normalized spacial score (nSPS) is 34.2. The van der Waals surface area contributed by atoms with Crippen molar-refractivity contribution in [2.45, 2.75) is 62.7 Å². The monoisotopic (exact) mass is 332 g/mol. The minimum absolute atomic E-state index is 0.245. The van der Waals surface area contributed by atoms with E-state index in [1.807, 2.05) is 24.3 Å². The van der Waals surface area contributed by atoms with Gasteiger partial charge in [0.1, 0.15) is 11.9 Å². The van der Waals surface area contributed by atoms with Gasteiger partial charge in [0, 0.05) is 20.0 Å². The SMILES string of the molecule is C=Cc1ccc(OC2OC(OC)C3OC4(CCCCC4)OC23)cc1. The molecule has 2 heterocycles. The molecule has 3 fully saturated rings. The van der Waals surface area contributed by atoms with Crippen molar-refractivity contribution in [1.29, 1.82) is 0 Å². The van der Waals surface area contributed by atoms with E-state index in [0.29, 0.717) is 0 Å². The number of ether oxygens (including phenoxy) is 5. The number of benzene rings is 1. The van der Waals surface area contributed by atoms with Gasteiger partial charge in [-0.3, -0.25) is 0 Å². The highest BCUT2D eigenvalue weighted by Gasteiger charge is 2.59. The topological polar surface area (TPSA) is 46.2 Å². The zero-order valence-electron chi connectivity index (χ0n) is 14.0. The van der Waals surface area contributed by atoms with Gasteiger partial charge in [0.2, 0.25) is 6.29 Å². The Bertz CT molecular complexity index is 578. The number of fused-ring (bicyclic) bond motifs is 1. The van der Waals surface area contributed by atoms with Crippen LogP contribution in [0.25, 0.3) is 6.08 Å². The van der Waals surface area contributed by atoms with Crippen molar-refractivity contribution < 1.29 is 23.7 Å². The summed E-state index contributed by atoms with van der Waals surface area (Å²) in [5, 5.41) is 0. The maximum absolute atomic E-state index is 6.31. The van der Waals surface area contributed by atoms with Crippen LogP contribution in [0.5, 0.6) is 5.75 Å². The zero-order chi connectivity index (χ0) is 16.6. The Morgan fingerprint density at radius 2 is 1.71 bits per heavy atom. The maximum atomic E-state index is 6.31. The quantitative estimate of drug-likeness (QED) is 0.845. The summed E-state index contributed by atoms with van der Waals surface area (Å²) in [7, 11) is 1.62. The summed E-state index contributed by atoms with van der Waals surface area (Å²) in [5.41, 5.74) is 1.05. The molecule has 3 aliphatic rings. The van der Waals surface area contributed by atoms with Crippen molar-refractivity contribution in [2.24, 2.45) is 0 Å². The maximum Gasteiger partial charge on any atom is 0.231 e. The smallest absolute Gasteiger partial charge is 0.231 e. The molecule has 24 heavy (non-hydrogen) atoms. The average Bonchev–Trinajstić information content (AvgIpc) is 3.12. The second kappa shape index (κ2) is 6.48. The van der Waals surface area contributed by atoms with E-state index in [4.69, 9.17) is 23.7 Å². The van der Waals surface area contributed by atoms with Crippen molar-refractivity contribution in [3.8, 4) is 5.75 Å². The van der Waals surface area contributed by atoms with E-state index < -0.39 is 18.4 Å². The third-order valence-corrected chi connectivity index (χ3v) is 5.05. The van der Waals surface area contributed by atoms with Crippen LogP contribution in [0, 0.1) is 0 Å². The summed E-state index contributed by atoms with van der Waals surface area (Å²) in [6.07, 6.45) is 5.65. The Kier molecular flexibility index (Phi) is 4.35. The molecule has 0 aromatic heterocycles. The molecule has 130 valence electrons. The fourth-order valence-electron chi connectivity index (χ4n) is 3.79. The summed E-state index contributed by atoms with van der Waals surface area (Å²) in [6.45, 7) is 3.76. The van der Waals surface area contributed by atoms with Gasteiger partial charge in [-0.15, -0.1) is 0 Å². The molecular weight excluding hydrogens is 308 g/mol. The van der Waals surface area contributed by atoms with Gasteiger partial charge in [-0.05, 0) is 30.5 Å². The fraction of sp³-hybridized carbons (Fsp3) is 0.579. The molecule has 4 unspecified atom stereocenters. The summed E-state index contributed by atoms with van der Waals surface area (Å²) in [4.78, 5) is 0. The molecule has 1 aromatic rings. The molecule has 0 radical (unpaired) electrons. The summed E-state index contributed by atoms with van der Waals surface area (Å²) in [5.74, 6) is 0.247. The minimum Gasteiger partial charge on any atom is -0.462 e. The third-order valence-electron chi connectivity index (χ3n) is 5.05. The first kappa shape index (κ1) is 16.1. The van der Waals surface area contributed by atoms with Crippen LogP contribution < -0.4 is 4.74 Å². The van der Waals surface area contributed by atoms with Gasteiger partial charge in [0.15, 0.2) is 18.2 Å². The van der Waals surface area contributed by atoms with Crippen LogP contribution in [0.15, 0.2) is 30.8 Å². The molecule has 0 bridgehead atoms. The first-order valence-corrected chi connectivity index (χ1v) is 8.66. The Hall–Kier alpha value is -1.40. The molecule has 5 nitrogen and oxygen atoms in total. The predicted octanol–water partition coefficient (Wildman–Crippen LogP) is 3.48. The third kappa shape index (κ3) is 2.86. The summed E-state index contributed by atoms with van der Waals surface area (Å²) < 4.78 is 29.9. The molecule has 5 heteroatoms. The van der Waals surface area contributed by atoms with Crippen molar-refractivity contribution in [3.05, 3.63) is 36.4 Å². The molecule has 1 spiro atoms. The second-order valence-corrected chi connectivity index (χ2v) is 6.64. The zero-order valence-corrected chi connectivity index (χ0v) is 14.0. The van der Waals surface area contributed by atoms with E-state index in [0.717, 1.165) is 37.0 Å². The van der Waals surface area contributed by atoms with Crippen LogP contribution in [0.1, 0.15) is 37.7 Å². The molecule has 4 atom stereocenters. The lowest BCUT2D eigenvalue weighted by Gasteiger charge is -2.33. The molecule has 0 amide bonds. The van der Waals surface area contributed by atoms with Crippen LogP contribution in [-0.4, -0.2) is 37.7 Å². The molecule has 1 aliphatic carbocycles. The van der Waals surface area contributed by atoms with E-state index in [-0.39, 0.29) is 12.2 Å². The number of rotatable bonds is 4. The summed E-state index contributed by atoms with van der Waals surface area (Å²) >= 11 is 0. The van der Waals surface area contributed by atoms with Gasteiger partial charge in [0.25, 0.3) is 0 Å². The minimum atomic E-state index is -0.532. The molecular formula is C19H24O5. The Balaban J connectivity index is 1.50. The van der Waals surface area contributed by atoms with Crippen LogP contribution in [0.3, 0.4) is 0 Å². The average molecular weight is 332 g/mol. The van der Waals surface area contributed by atoms with Gasteiger partial charge in [-0.25, -0.2) is 0 Å². The molecule has 2 aliphatic heterocycles. The molecule has 4 rings (SSSR count). The van der Waals surface area contributed by atoms with Crippen molar-refractivity contribution >= 4 is 6.08 Å². The van der Waals surface area contributed by atoms with E-state index in [9.17, 15) is 0 Å². The van der Waals surface area contributed by atoms with Crippen molar-refractivity contribution in [3.63, 3.8) is 0 Å². The first-order chi connectivity index (χ1) is 11.7. The molecule has 1 saturated carbocycles. The number of hydrogen-bond acceptors (Lipinski definition) is 5. The van der Waals surface area contributed by atoms with Gasteiger partial charge in [0.05, 0.1) is 0 Å². The lowest BCUT2D eigenvalue weighted by atomic mass is 9.94. The van der Waals surface area contributed by atoms with E-state index in [1.165, 1.54) is 6.42 Å². The lowest BCUT2D eigenvalue weighted by Crippen LogP contribution is -2.38. The van der Waals surface area contributed by atoms with E-state index in [1.54, 1.807) is 13.2 Å². The molecule has 0 N–H and O–H groups in total. The molecule has 1 aromatic carbocycles. The van der Waals surface area contributed by atoms with Crippen LogP contribution in [0.2, 0.25) is 0 Å².